The summed E-state index contributed by atoms with van der Waals surface area (Å²) >= 11 is 0. The lowest BCUT2D eigenvalue weighted by molar-refractivity contribution is -0.143. The number of hydrogen-bond donors (Lipinski definition) is 1. The SMILES string of the molecule is O=C([C@H]1CCCNC1)N1CCOC(c2ccc(F)cc2)C1. The first-order valence-electron chi connectivity index (χ1n) is 7.60. The van der Waals surface area contributed by atoms with Crippen molar-refractivity contribution in [2.75, 3.05) is 32.8 Å². The smallest absolute Gasteiger partial charge is 0.227 e. The second kappa shape index (κ2) is 6.54. The topological polar surface area (TPSA) is 41.6 Å². The largest absolute Gasteiger partial charge is 0.370 e. The molecule has 2 aliphatic rings. The summed E-state index contributed by atoms with van der Waals surface area (Å²) in [6, 6.07) is 6.33. The van der Waals surface area contributed by atoms with E-state index in [0.29, 0.717) is 19.7 Å². The van der Waals surface area contributed by atoms with Crippen molar-refractivity contribution in [3.8, 4) is 0 Å². The van der Waals surface area contributed by atoms with Gasteiger partial charge in [-0.2, -0.15) is 0 Å². The number of ether oxygens (including phenoxy) is 1. The van der Waals surface area contributed by atoms with Crippen molar-refractivity contribution in [2.45, 2.75) is 18.9 Å². The van der Waals surface area contributed by atoms with E-state index in [-0.39, 0.29) is 23.7 Å². The highest BCUT2D eigenvalue weighted by Gasteiger charge is 2.30. The zero-order chi connectivity index (χ0) is 14.7. The molecule has 1 aromatic rings. The molecule has 0 saturated carbocycles. The molecule has 4 nitrogen and oxygen atoms in total. The van der Waals surface area contributed by atoms with Gasteiger partial charge in [0.1, 0.15) is 11.9 Å². The van der Waals surface area contributed by atoms with Crippen molar-refractivity contribution >= 4 is 5.91 Å². The van der Waals surface area contributed by atoms with Gasteiger partial charge in [-0.15, -0.1) is 0 Å². The molecule has 21 heavy (non-hydrogen) atoms. The molecule has 1 unspecified atom stereocenters. The van der Waals surface area contributed by atoms with Crippen molar-refractivity contribution in [1.82, 2.24) is 10.2 Å². The van der Waals surface area contributed by atoms with Crippen LogP contribution in [0.4, 0.5) is 4.39 Å². The predicted octanol–water partition coefficient (Wildman–Crippen LogP) is 1.73. The summed E-state index contributed by atoms with van der Waals surface area (Å²) in [7, 11) is 0. The highest BCUT2D eigenvalue weighted by molar-refractivity contribution is 5.79. The number of nitrogens with zero attached hydrogens (tertiary/aromatic N) is 1. The number of carbonyl (C=O) groups excluding carboxylic acids is 1. The molecule has 5 heteroatoms. The summed E-state index contributed by atoms with van der Waals surface area (Å²) in [5, 5.41) is 3.28. The Morgan fingerprint density at radius 2 is 2.14 bits per heavy atom. The molecule has 3 rings (SSSR count). The first kappa shape index (κ1) is 14.5. The Balaban J connectivity index is 1.64. The number of hydrogen-bond acceptors (Lipinski definition) is 3. The lowest BCUT2D eigenvalue weighted by atomic mass is 9.97. The number of amides is 1. The molecule has 0 aromatic heterocycles. The van der Waals surface area contributed by atoms with Gasteiger partial charge in [0.2, 0.25) is 5.91 Å². The molecule has 1 N–H and O–H groups in total. The molecule has 2 atom stereocenters. The molecule has 2 heterocycles. The number of piperidine rings is 1. The third kappa shape index (κ3) is 3.41. The standard InChI is InChI=1S/C16H21FN2O2/c17-14-5-3-12(4-6-14)15-11-19(8-9-21-15)16(20)13-2-1-7-18-10-13/h3-6,13,15,18H,1-2,7-11H2/t13-,15?/m0/s1. The zero-order valence-corrected chi connectivity index (χ0v) is 12.1. The van der Waals surface area contributed by atoms with Crippen LogP contribution >= 0.6 is 0 Å². The average molecular weight is 292 g/mol. The van der Waals surface area contributed by atoms with Gasteiger partial charge in [-0.1, -0.05) is 12.1 Å². The quantitative estimate of drug-likeness (QED) is 0.902. The van der Waals surface area contributed by atoms with Gasteiger partial charge >= 0.3 is 0 Å². The fourth-order valence-electron chi connectivity index (χ4n) is 3.05. The Bertz CT molecular complexity index is 486. The summed E-state index contributed by atoms with van der Waals surface area (Å²) in [5.41, 5.74) is 0.927. The van der Waals surface area contributed by atoms with E-state index >= 15 is 0 Å². The predicted molar refractivity (Wildman–Crippen MR) is 77.3 cm³/mol. The van der Waals surface area contributed by atoms with Crippen LogP contribution in [0.3, 0.4) is 0 Å². The number of halogens is 1. The Morgan fingerprint density at radius 3 is 2.86 bits per heavy atom. The number of nitrogens with one attached hydrogen (secondary N) is 1. The summed E-state index contributed by atoms with van der Waals surface area (Å²) < 4.78 is 18.7. The number of carbonyl (C=O) groups is 1. The van der Waals surface area contributed by atoms with Crippen LogP contribution in [0.25, 0.3) is 0 Å². The van der Waals surface area contributed by atoms with Gasteiger partial charge in [-0.3, -0.25) is 4.79 Å². The first-order valence-corrected chi connectivity index (χ1v) is 7.60. The van der Waals surface area contributed by atoms with E-state index < -0.39 is 0 Å². The molecular formula is C16H21FN2O2. The minimum absolute atomic E-state index is 0.0886. The average Bonchev–Trinajstić information content (AvgIpc) is 2.56. The minimum atomic E-state index is -0.254. The van der Waals surface area contributed by atoms with Crippen LogP contribution in [0.1, 0.15) is 24.5 Å². The van der Waals surface area contributed by atoms with Crippen molar-refractivity contribution in [2.24, 2.45) is 5.92 Å². The molecule has 1 aromatic carbocycles. The molecular weight excluding hydrogens is 271 g/mol. The van der Waals surface area contributed by atoms with Gasteiger partial charge in [0.25, 0.3) is 0 Å². The van der Waals surface area contributed by atoms with Crippen LogP contribution in [-0.2, 0) is 9.53 Å². The number of benzene rings is 1. The maximum Gasteiger partial charge on any atom is 0.227 e. The third-order valence-electron chi connectivity index (χ3n) is 4.27. The second-order valence-corrected chi connectivity index (χ2v) is 5.74. The van der Waals surface area contributed by atoms with Crippen molar-refractivity contribution in [1.29, 1.82) is 0 Å². The molecule has 1 amide bonds. The highest BCUT2D eigenvalue weighted by Crippen LogP contribution is 2.24. The second-order valence-electron chi connectivity index (χ2n) is 5.74. The summed E-state index contributed by atoms with van der Waals surface area (Å²) in [4.78, 5) is 14.5. The highest BCUT2D eigenvalue weighted by atomic mass is 19.1. The number of rotatable bonds is 2. The lowest BCUT2D eigenvalue weighted by Crippen LogP contribution is -2.48. The Morgan fingerprint density at radius 1 is 1.33 bits per heavy atom. The van der Waals surface area contributed by atoms with Crippen LogP contribution in [0.5, 0.6) is 0 Å². The maximum atomic E-state index is 13.0. The number of morpholine rings is 1. The van der Waals surface area contributed by atoms with E-state index in [1.807, 2.05) is 4.90 Å². The van der Waals surface area contributed by atoms with Gasteiger partial charge in [-0.25, -0.2) is 4.39 Å². The normalized spacial score (nSPS) is 26.6. The van der Waals surface area contributed by atoms with E-state index in [1.54, 1.807) is 12.1 Å². The van der Waals surface area contributed by atoms with Crippen molar-refractivity contribution in [3.63, 3.8) is 0 Å². The Labute approximate surface area is 124 Å². The van der Waals surface area contributed by atoms with Crippen LogP contribution in [-0.4, -0.2) is 43.6 Å². The van der Waals surface area contributed by atoms with Crippen LogP contribution < -0.4 is 5.32 Å². The van der Waals surface area contributed by atoms with Gasteiger partial charge in [0, 0.05) is 13.1 Å². The molecule has 0 spiro atoms. The van der Waals surface area contributed by atoms with Crippen molar-refractivity contribution in [3.05, 3.63) is 35.6 Å². The van der Waals surface area contributed by atoms with Crippen LogP contribution in [0.2, 0.25) is 0 Å². The van der Waals surface area contributed by atoms with Crippen LogP contribution in [0, 0.1) is 11.7 Å². The van der Waals surface area contributed by atoms with Gasteiger partial charge in [-0.05, 0) is 37.1 Å². The van der Waals surface area contributed by atoms with Crippen LogP contribution in [0.15, 0.2) is 24.3 Å². The van der Waals surface area contributed by atoms with E-state index in [1.165, 1.54) is 12.1 Å². The zero-order valence-electron chi connectivity index (χ0n) is 12.1. The third-order valence-corrected chi connectivity index (χ3v) is 4.27. The molecule has 0 radical (unpaired) electrons. The minimum Gasteiger partial charge on any atom is -0.370 e. The first-order chi connectivity index (χ1) is 10.2. The lowest BCUT2D eigenvalue weighted by Gasteiger charge is -2.36. The maximum absolute atomic E-state index is 13.0. The van der Waals surface area contributed by atoms with E-state index in [9.17, 15) is 9.18 Å². The van der Waals surface area contributed by atoms with E-state index in [4.69, 9.17) is 4.74 Å². The Kier molecular flexibility index (Phi) is 4.51. The fourth-order valence-corrected chi connectivity index (χ4v) is 3.05. The molecule has 114 valence electrons. The summed E-state index contributed by atoms with van der Waals surface area (Å²) in [6.07, 6.45) is 1.87. The van der Waals surface area contributed by atoms with Gasteiger partial charge < -0.3 is 15.0 Å². The van der Waals surface area contributed by atoms with Crippen molar-refractivity contribution < 1.29 is 13.9 Å². The van der Waals surface area contributed by atoms with Gasteiger partial charge in [0.05, 0.1) is 19.1 Å². The van der Waals surface area contributed by atoms with E-state index in [2.05, 4.69) is 5.32 Å². The van der Waals surface area contributed by atoms with E-state index in [0.717, 1.165) is 31.5 Å². The molecule has 2 saturated heterocycles. The monoisotopic (exact) mass is 292 g/mol. The summed E-state index contributed by atoms with van der Waals surface area (Å²) in [6.45, 7) is 3.52. The molecule has 0 bridgehead atoms. The summed E-state index contributed by atoms with van der Waals surface area (Å²) in [5.74, 6) is 0.0547. The van der Waals surface area contributed by atoms with Gasteiger partial charge in [0.15, 0.2) is 0 Å². The Hall–Kier alpha value is -1.46. The molecule has 2 fully saturated rings. The fraction of sp³-hybridized carbons (Fsp3) is 0.562. The molecule has 0 aliphatic carbocycles. The molecule has 2 aliphatic heterocycles.